The number of hydrogen-bond donors (Lipinski definition) is 2. The molecule has 9 nitrogen and oxygen atoms in total. The molecular weight excluding hydrogens is 453 g/mol. The van der Waals surface area contributed by atoms with Crippen molar-refractivity contribution in [3.05, 3.63) is 58.1 Å². The lowest BCUT2D eigenvalue weighted by Crippen LogP contribution is -2.25. The van der Waals surface area contributed by atoms with E-state index in [-0.39, 0.29) is 24.4 Å². The fourth-order valence-corrected chi connectivity index (χ4v) is 4.75. The summed E-state index contributed by atoms with van der Waals surface area (Å²) >= 11 is 0. The fourth-order valence-electron chi connectivity index (χ4n) is 3.18. The van der Waals surface area contributed by atoms with Gasteiger partial charge in [-0.25, -0.2) is 8.42 Å². The third-order valence-corrected chi connectivity index (χ3v) is 6.60. The number of amides is 1. The maximum absolute atomic E-state index is 12.8. The number of hydrogen-bond acceptors (Lipinski definition) is 6. The van der Waals surface area contributed by atoms with E-state index >= 15 is 0 Å². The first kappa shape index (κ1) is 23.3. The minimum Gasteiger partial charge on any atom is -0.379 e. The molecule has 1 amide bonds. The minimum absolute atomic E-state index is 0.0534. The van der Waals surface area contributed by atoms with Gasteiger partial charge in [-0.2, -0.15) is 13.2 Å². The minimum atomic E-state index is -4.71. The number of nitrogens with zero attached hydrogens (tertiary/aromatic N) is 2. The maximum Gasteiger partial charge on any atom is 0.416 e. The molecule has 2 aromatic carbocycles. The molecule has 1 heterocycles. The zero-order valence-corrected chi connectivity index (χ0v) is 17.4. The number of nitro groups is 1. The molecule has 1 fully saturated rings. The van der Waals surface area contributed by atoms with Crippen molar-refractivity contribution in [3.8, 4) is 0 Å². The fraction of sp³-hybridized carbons (Fsp3) is 0.316. The Bertz CT molecular complexity index is 1120. The number of alkyl halides is 3. The monoisotopic (exact) mass is 472 g/mol. The van der Waals surface area contributed by atoms with Crippen LogP contribution in [-0.4, -0.2) is 38.1 Å². The van der Waals surface area contributed by atoms with Crippen LogP contribution in [0.1, 0.15) is 18.4 Å². The van der Waals surface area contributed by atoms with Gasteiger partial charge in [-0.15, -0.1) is 0 Å². The molecule has 1 aliphatic heterocycles. The molecule has 0 bridgehead atoms. The van der Waals surface area contributed by atoms with E-state index in [9.17, 15) is 36.5 Å². The highest BCUT2D eigenvalue weighted by Gasteiger charge is 2.33. The number of sulfonamides is 1. The summed E-state index contributed by atoms with van der Waals surface area (Å²) in [6.07, 6.45) is -4.27. The molecule has 0 saturated carbocycles. The lowest BCUT2D eigenvalue weighted by molar-refractivity contribution is -0.384. The molecule has 3 rings (SSSR count). The van der Waals surface area contributed by atoms with Gasteiger partial charge in [0.15, 0.2) is 0 Å². The van der Waals surface area contributed by atoms with Gasteiger partial charge in [0.25, 0.3) is 5.69 Å². The van der Waals surface area contributed by atoms with E-state index in [1.807, 2.05) is 0 Å². The first-order valence-electron chi connectivity index (χ1n) is 9.47. The first-order valence-corrected chi connectivity index (χ1v) is 11.1. The Labute approximate surface area is 181 Å². The smallest absolute Gasteiger partial charge is 0.379 e. The van der Waals surface area contributed by atoms with Crippen LogP contribution < -0.4 is 14.9 Å². The Kier molecular flexibility index (Phi) is 6.57. The number of nitrogens with one attached hydrogen (secondary N) is 2. The molecule has 172 valence electrons. The van der Waals surface area contributed by atoms with E-state index in [0.29, 0.717) is 30.4 Å². The summed E-state index contributed by atoms with van der Waals surface area (Å²) < 4.78 is 63.4. The van der Waals surface area contributed by atoms with Crippen molar-refractivity contribution in [2.45, 2.75) is 19.0 Å². The second-order valence-electron chi connectivity index (χ2n) is 7.00. The highest BCUT2D eigenvalue weighted by molar-refractivity contribution is 7.93. The largest absolute Gasteiger partial charge is 0.416 e. The van der Waals surface area contributed by atoms with Crippen LogP contribution in [0.4, 0.5) is 35.9 Å². The molecule has 2 aromatic rings. The number of nitro benzene ring substituents is 1. The number of benzene rings is 2. The van der Waals surface area contributed by atoms with Crippen molar-refractivity contribution in [1.29, 1.82) is 0 Å². The van der Waals surface area contributed by atoms with Gasteiger partial charge < -0.3 is 10.6 Å². The summed E-state index contributed by atoms with van der Waals surface area (Å²) in [5, 5.41) is 16.3. The van der Waals surface area contributed by atoms with Crippen LogP contribution in [0.5, 0.6) is 0 Å². The predicted molar refractivity (Wildman–Crippen MR) is 112 cm³/mol. The number of carbonyl (C=O) groups is 1. The second kappa shape index (κ2) is 9.02. The molecule has 32 heavy (non-hydrogen) atoms. The van der Waals surface area contributed by atoms with Crippen LogP contribution in [0.15, 0.2) is 42.5 Å². The van der Waals surface area contributed by atoms with Gasteiger partial charge in [-0.05, 0) is 42.8 Å². The van der Waals surface area contributed by atoms with Gasteiger partial charge >= 0.3 is 6.18 Å². The quantitative estimate of drug-likeness (QED) is 0.469. The van der Waals surface area contributed by atoms with Gasteiger partial charge in [0.1, 0.15) is 5.69 Å². The van der Waals surface area contributed by atoms with Crippen LogP contribution in [0, 0.1) is 10.1 Å². The summed E-state index contributed by atoms with van der Waals surface area (Å²) in [5.41, 5.74) is -1.09. The molecule has 0 spiro atoms. The Hall–Kier alpha value is -3.35. The van der Waals surface area contributed by atoms with Crippen LogP contribution in [0.25, 0.3) is 0 Å². The van der Waals surface area contributed by atoms with Crippen molar-refractivity contribution < 1.29 is 31.3 Å². The Balaban J connectivity index is 1.56. The number of halogens is 3. The van der Waals surface area contributed by atoms with Gasteiger partial charge in [-0.3, -0.25) is 19.2 Å². The maximum atomic E-state index is 12.8. The van der Waals surface area contributed by atoms with Crippen LogP contribution in [-0.2, 0) is 21.0 Å². The predicted octanol–water partition coefficient (Wildman–Crippen LogP) is 3.59. The Morgan fingerprint density at radius 2 is 1.84 bits per heavy atom. The molecule has 1 aliphatic rings. The molecule has 0 atom stereocenters. The summed E-state index contributed by atoms with van der Waals surface area (Å²) in [4.78, 5) is 22.3. The van der Waals surface area contributed by atoms with Gasteiger partial charge in [0, 0.05) is 31.3 Å². The van der Waals surface area contributed by atoms with Gasteiger partial charge in [0.2, 0.25) is 15.9 Å². The summed E-state index contributed by atoms with van der Waals surface area (Å²) in [6.45, 7) is 0.345. The Morgan fingerprint density at radius 3 is 2.41 bits per heavy atom. The van der Waals surface area contributed by atoms with Crippen LogP contribution in [0.2, 0.25) is 0 Å². The average molecular weight is 472 g/mol. The van der Waals surface area contributed by atoms with Gasteiger partial charge in [0.05, 0.1) is 21.9 Å². The molecule has 0 radical (unpaired) electrons. The van der Waals surface area contributed by atoms with E-state index in [1.165, 1.54) is 4.31 Å². The number of carbonyl (C=O) groups excluding carboxylic acids is 1. The van der Waals surface area contributed by atoms with Gasteiger partial charge in [-0.1, -0.05) is 0 Å². The number of anilines is 3. The molecule has 13 heteroatoms. The third-order valence-electron chi connectivity index (χ3n) is 4.73. The van der Waals surface area contributed by atoms with Crippen molar-refractivity contribution in [2.75, 3.05) is 33.8 Å². The molecule has 0 aromatic heterocycles. The standard InChI is InChI=1S/C19H19F3N4O5S/c20-19(21,22)13-2-7-16(17(12-13)26(28)29)23-9-8-18(27)24-14-3-5-15(6-4-14)25-10-1-11-32(25,30)31/h2-7,12,23H,1,8-11H2,(H,24,27). The van der Waals surface area contributed by atoms with E-state index in [0.717, 1.165) is 12.1 Å². The second-order valence-corrected chi connectivity index (χ2v) is 9.01. The van der Waals surface area contributed by atoms with E-state index < -0.39 is 38.3 Å². The SMILES string of the molecule is O=C(CCNc1ccc(C(F)(F)F)cc1[N+](=O)[O-])Nc1ccc(N2CCCS2(=O)=O)cc1. The highest BCUT2D eigenvalue weighted by Crippen LogP contribution is 2.35. The molecular formula is C19H19F3N4O5S. The van der Waals surface area contributed by atoms with Crippen molar-refractivity contribution >= 4 is 38.7 Å². The summed E-state index contributed by atoms with van der Waals surface area (Å²) in [7, 11) is -3.31. The number of rotatable bonds is 7. The average Bonchev–Trinajstić information content (AvgIpc) is 3.07. The Morgan fingerprint density at radius 1 is 1.16 bits per heavy atom. The normalized spacial score (nSPS) is 15.4. The third kappa shape index (κ3) is 5.46. The van der Waals surface area contributed by atoms with Crippen molar-refractivity contribution in [3.63, 3.8) is 0 Å². The molecule has 0 unspecified atom stereocenters. The topological polar surface area (TPSA) is 122 Å². The molecule has 1 saturated heterocycles. The molecule has 0 aliphatic carbocycles. The first-order chi connectivity index (χ1) is 15.0. The van der Waals surface area contributed by atoms with Crippen molar-refractivity contribution in [2.24, 2.45) is 0 Å². The van der Waals surface area contributed by atoms with E-state index in [1.54, 1.807) is 24.3 Å². The molecule has 2 N–H and O–H groups in total. The lowest BCUT2D eigenvalue weighted by atomic mass is 10.1. The van der Waals surface area contributed by atoms with Crippen LogP contribution >= 0.6 is 0 Å². The lowest BCUT2D eigenvalue weighted by Gasteiger charge is -2.17. The van der Waals surface area contributed by atoms with Crippen molar-refractivity contribution in [1.82, 2.24) is 0 Å². The zero-order chi connectivity index (χ0) is 23.5. The zero-order valence-electron chi connectivity index (χ0n) is 16.6. The highest BCUT2D eigenvalue weighted by atomic mass is 32.2. The van der Waals surface area contributed by atoms with Crippen LogP contribution in [0.3, 0.4) is 0 Å². The summed E-state index contributed by atoms with van der Waals surface area (Å²) in [5.74, 6) is -0.344. The van der Waals surface area contributed by atoms with E-state index in [2.05, 4.69) is 10.6 Å². The summed E-state index contributed by atoms with van der Waals surface area (Å²) in [6, 6.07) is 8.35. The van der Waals surface area contributed by atoms with E-state index in [4.69, 9.17) is 0 Å².